The summed E-state index contributed by atoms with van der Waals surface area (Å²) in [7, 11) is 1.90. The molecule has 3 aromatic rings. The van der Waals surface area contributed by atoms with Gasteiger partial charge in [0.2, 0.25) is 0 Å². The van der Waals surface area contributed by atoms with E-state index in [1.165, 1.54) is 0 Å². The minimum Gasteiger partial charge on any atom is -0.466 e. The molecule has 0 aliphatic carbocycles. The van der Waals surface area contributed by atoms with Crippen LogP contribution in [0.1, 0.15) is 17.5 Å². The number of pyridine rings is 1. The first kappa shape index (κ1) is 12.4. The van der Waals surface area contributed by atoms with Crippen molar-refractivity contribution >= 4 is 26.8 Å². The van der Waals surface area contributed by atoms with E-state index in [1.807, 2.05) is 37.4 Å². The molecule has 1 atom stereocenters. The van der Waals surface area contributed by atoms with Crippen LogP contribution in [0.4, 0.5) is 0 Å². The van der Waals surface area contributed by atoms with Crippen LogP contribution in [0, 0.1) is 0 Å². The van der Waals surface area contributed by atoms with Gasteiger partial charge in [-0.25, -0.2) is 0 Å². The SMILES string of the molecule is CNC(c1ccc2ccccc2n1)c1occc1Br. The van der Waals surface area contributed by atoms with Gasteiger partial charge in [0, 0.05) is 5.39 Å². The van der Waals surface area contributed by atoms with E-state index in [0.29, 0.717) is 0 Å². The van der Waals surface area contributed by atoms with Crippen LogP contribution in [-0.2, 0) is 0 Å². The Morgan fingerprint density at radius 2 is 2.00 bits per heavy atom. The number of fused-ring (bicyclic) bond motifs is 1. The van der Waals surface area contributed by atoms with Gasteiger partial charge in [0.1, 0.15) is 11.8 Å². The lowest BCUT2D eigenvalue weighted by atomic mass is 10.1. The zero-order valence-corrected chi connectivity index (χ0v) is 12.0. The van der Waals surface area contributed by atoms with E-state index in [4.69, 9.17) is 9.40 Å². The molecule has 19 heavy (non-hydrogen) atoms. The maximum Gasteiger partial charge on any atom is 0.140 e. The van der Waals surface area contributed by atoms with Crippen LogP contribution in [0.5, 0.6) is 0 Å². The molecule has 3 rings (SSSR count). The smallest absolute Gasteiger partial charge is 0.140 e. The first-order valence-electron chi connectivity index (χ1n) is 6.05. The molecule has 0 radical (unpaired) electrons. The molecule has 2 aromatic heterocycles. The minimum atomic E-state index is -0.0611. The highest BCUT2D eigenvalue weighted by atomic mass is 79.9. The predicted molar refractivity (Wildman–Crippen MR) is 79.1 cm³/mol. The molecule has 96 valence electrons. The number of para-hydroxylation sites is 1. The monoisotopic (exact) mass is 316 g/mol. The number of halogens is 1. The Labute approximate surface area is 119 Å². The van der Waals surface area contributed by atoms with Crippen molar-refractivity contribution < 1.29 is 4.42 Å². The van der Waals surface area contributed by atoms with Gasteiger partial charge < -0.3 is 9.73 Å². The van der Waals surface area contributed by atoms with Crippen molar-refractivity contribution in [2.24, 2.45) is 0 Å². The second-order valence-electron chi connectivity index (χ2n) is 4.28. The summed E-state index contributed by atoms with van der Waals surface area (Å²) in [5.74, 6) is 0.838. The topological polar surface area (TPSA) is 38.1 Å². The average molecular weight is 317 g/mol. The molecule has 0 aliphatic heterocycles. The number of nitrogens with one attached hydrogen (secondary N) is 1. The Morgan fingerprint density at radius 3 is 2.74 bits per heavy atom. The Bertz CT molecular complexity index is 708. The van der Waals surface area contributed by atoms with Crippen LogP contribution in [-0.4, -0.2) is 12.0 Å². The lowest BCUT2D eigenvalue weighted by Gasteiger charge is -2.14. The van der Waals surface area contributed by atoms with Gasteiger partial charge in [-0.05, 0) is 41.2 Å². The quantitative estimate of drug-likeness (QED) is 0.796. The first-order valence-corrected chi connectivity index (χ1v) is 6.85. The third kappa shape index (κ3) is 2.29. The van der Waals surface area contributed by atoms with Gasteiger partial charge in [-0.1, -0.05) is 24.3 Å². The van der Waals surface area contributed by atoms with Crippen molar-refractivity contribution in [2.45, 2.75) is 6.04 Å². The Morgan fingerprint density at radius 1 is 1.16 bits per heavy atom. The zero-order chi connectivity index (χ0) is 13.2. The Kier molecular flexibility index (Phi) is 3.36. The number of hydrogen-bond donors (Lipinski definition) is 1. The highest BCUT2D eigenvalue weighted by molar-refractivity contribution is 9.10. The van der Waals surface area contributed by atoms with Crippen molar-refractivity contribution in [1.29, 1.82) is 0 Å². The van der Waals surface area contributed by atoms with Gasteiger partial charge in [-0.3, -0.25) is 4.98 Å². The summed E-state index contributed by atoms with van der Waals surface area (Å²) in [5.41, 5.74) is 1.93. The fraction of sp³-hybridized carbons (Fsp3) is 0.133. The summed E-state index contributed by atoms with van der Waals surface area (Å²) >= 11 is 3.49. The molecule has 1 unspecified atom stereocenters. The highest BCUT2D eigenvalue weighted by Crippen LogP contribution is 2.29. The number of furan rings is 1. The van der Waals surface area contributed by atoms with E-state index in [-0.39, 0.29) is 6.04 Å². The lowest BCUT2D eigenvalue weighted by molar-refractivity contribution is 0.457. The normalized spacial score (nSPS) is 12.7. The van der Waals surface area contributed by atoms with E-state index < -0.39 is 0 Å². The second kappa shape index (κ2) is 5.15. The molecule has 0 bridgehead atoms. The predicted octanol–water partition coefficient (Wildman–Crippen LogP) is 3.90. The van der Waals surface area contributed by atoms with Gasteiger partial charge >= 0.3 is 0 Å². The zero-order valence-electron chi connectivity index (χ0n) is 10.4. The van der Waals surface area contributed by atoms with Gasteiger partial charge in [-0.2, -0.15) is 0 Å². The van der Waals surface area contributed by atoms with E-state index in [2.05, 4.69) is 33.4 Å². The van der Waals surface area contributed by atoms with Crippen LogP contribution < -0.4 is 5.32 Å². The third-order valence-corrected chi connectivity index (χ3v) is 3.77. The average Bonchev–Trinajstić information content (AvgIpc) is 2.86. The molecular weight excluding hydrogens is 304 g/mol. The molecule has 0 aliphatic rings. The molecule has 0 fully saturated rings. The van der Waals surface area contributed by atoms with Crippen molar-refractivity contribution in [2.75, 3.05) is 7.05 Å². The minimum absolute atomic E-state index is 0.0611. The van der Waals surface area contributed by atoms with Crippen LogP contribution in [0.3, 0.4) is 0 Å². The standard InChI is InChI=1S/C15H13BrN2O/c1-17-14(15-11(16)8-9-19-15)13-7-6-10-4-2-3-5-12(10)18-13/h2-9,14,17H,1H3. The summed E-state index contributed by atoms with van der Waals surface area (Å²) in [6, 6.07) is 14.0. The summed E-state index contributed by atoms with van der Waals surface area (Å²) in [6.07, 6.45) is 1.67. The van der Waals surface area contributed by atoms with Gasteiger partial charge in [0.25, 0.3) is 0 Å². The molecule has 1 aromatic carbocycles. The third-order valence-electron chi connectivity index (χ3n) is 3.11. The van der Waals surface area contributed by atoms with Crippen molar-refractivity contribution in [3.05, 3.63) is 64.7 Å². The number of rotatable bonds is 3. The molecule has 2 heterocycles. The molecule has 1 N–H and O–H groups in total. The van der Waals surface area contributed by atoms with Crippen molar-refractivity contribution in [3.8, 4) is 0 Å². The molecule has 0 saturated carbocycles. The van der Waals surface area contributed by atoms with E-state index in [0.717, 1.165) is 26.8 Å². The van der Waals surface area contributed by atoms with Gasteiger partial charge in [0.15, 0.2) is 0 Å². The van der Waals surface area contributed by atoms with Crippen LogP contribution in [0.2, 0.25) is 0 Å². The van der Waals surface area contributed by atoms with E-state index in [9.17, 15) is 0 Å². The largest absolute Gasteiger partial charge is 0.466 e. The van der Waals surface area contributed by atoms with E-state index in [1.54, 1.807) is 6.26 Å². The van der Waals surface area contributed by atoms with Crippen molar-refractivity contribution in [3.63, 3.8) is 0 Å². The fourth-order valence-corrected chi connectivity index (χ4v) is 2.60. The van der Waals surface area contributed by atoms with Crippen LogP contribution in [0.25, 0.3) is 10.9 Å². The number of hydrogen-bond acceptors (Lipinski definition) is 3. The fourth-order valence-electron chi connectivity index (χ4n) is 2.17. The molecule has 0 amide bonds. The van der Waals surface area contributed by atoms with Crippen LogP contribution in [0.15, 0.2) is 57.6 Å². The Balaban J connectivity index is 2.09. The van der Waals surface area contributed by atoms with Gasteiger partial charge in [-0.15, -0.1) is 0 Å². The number of aromatic nitrogens is 1. The number of benzene rings is 1. The van der Waals surface area contributed by atoms with E-state index >= 15 is 0 Å². The molecular formula is C15H13BrN2O. The summed E-state index contributed by atoms with van der Waals surface area (Å²) in [5, 5.41) is 4.38. The van der Waals surface area contributed by atoms with Crippen molar-refractivity contribution in [1.82, 2.24) is 10.3 Å². The summed E-state index contributed by atoms with van der Waals surface area (Å²) in [6.45, 7) is 0. The maximum absolute atomic E-state index is 5.53. The van der Waals surface area contributed by atoms with Crippen LogP contribution >= 0.6 is 15.9 Å². The summed E-state index contributed by atoms with van der Waals surface area (Å²) in [4.78, 5) is 4.70. The lowest BCUT2D eigenvalue weighted by Crippen LogP contribution is -2.18. The maximum atomic E-state index is 5.53. The highest BCUT2D eigenvalue weighted by Gasteiger charge is 2.19. The number of nitrogens with zero attached hydrogens (tertiary/aromatic N) is 1. The molecule has 0 saturated heterocycles. The second-order valence-corrected chi connectivity index (χ2v) is 5.14. The molecule has 3 nitrogen and oxygen atoms in total. The first-order chi connectivity index (χ1) is 9.29. The molecule has 0 spiro atoms. The molecule has 4 heteroatoms. The van der Waals surface area contributed by atoms with Gasteiger partial charge in [0.05, 0.1) is 21.9 Å². The summed E-state index contributed by atoms with van der Waals surface area (Å²) < 4.78 is 6.48. The Hall–Kier alpha value is -1.65.